The maximum absolute atomic E-state index is 5.71. The number of hydrogen-bond donors (Lipinski definition) is 2. The Balaban J connectivity index is 2.30. The Labute approximate surface area is 50.2 Å². The van der Waals surface area contributed by atoms with Crippen molar-refractivity contribution in [3.05, 3.63) is 0 Å². The van der Waals surface area contributed by atoms with E-state index in [4.69, 9.17) is 11.5 Å². The third-order valence-electron chi connectivity index (χ3n) is 2.02. The van der Waals surface area contributed by atoms with Gasteiger partial charge in [0.15, 0.2) is 0 Å². The Kier molecular flexibility index (Phi) is 1.86. The highest BCUT2D eigenvalue weighted by Gasteiger charge is 2.21. The van der Waals surface area contributed by atoms with Gasteiger partial charge < -0.3 is 11.5 Å². The number of hydrogen-bond acceptors (Lipinski definition) is 2. The molecule has 1 rings (SSSR count). The van der Waals surface area contributed by atoms with E-state index in [2.05, 4.69) is 0 Å². The fourth-order valence-electron chi connectivity index (χ4n) is 1.36. The van der Waals surface area contributed by atoms with Crippen LogP contribution in [0.25, 0.3) is 0 Å². The van der Waals surface area contributed by atoms with Crippen molar-refractivity contribution in [1.82, 2.24) is 0 Å². The SMILES string of the molecule is NCC1CCCC1N. The summed E-state index contributed by atoms with van der Waals surface area (Å²) in [6, 6.07) is 0.403. The van der Waals surface area contributed by atoms with E-state index in [1.165, 1.54) is 19.3 Å². The molecule has 4 N–H and O–H groups in total. The Morgan fingerprint density at radius 1 is 1.38 bits per heavy atom. The summed E-state index contributed by atoms with van der Waals surface area (Å²) in [5.74, 6) is 0.620. The summed E-state index contributed by atoms with van der Waals surface area (Å²) in [4.78, 5) is 0. The minimum atomic E-state index is 0.403. The predicted molar refractivity (Wildman–Crippen MR) is 34.4 cm³/mol. The zero-order valence-corrected chi connectivity index (χ0v) is 5.14. The Hall–Kier alpha value is -0.0800. The first kappa shape index (κ1) is 6.05. The van der Waals surface area contributed by atoms with Crippen LogP contribution in [0.3, 0.4) is 0 Å². The summed E-state index contributed by atoms with van der Waals surface area (Å²) < 4.78 is 0. The van der Waals surface area contributed by atoms with Gasteiger partial charge in [0.2, 0.25) is 0 Å². The average molecular weight is 114 g/mol. The molecule has 0 aromatic heterocycles. The maximum atomic E-state index is 5.71. The second-order valence-electron chi connectivity index (χ2n) is 2.59. The summed E-state index contributed by atoms with van der Waals surface area (Å²) in [6.45, 7) is 0.779. The third-order valence-corrected chi connectivity index (χ3v) is 2.02. The van der Waals surface area contributed by atoms with E-state index in [1.54, 1.807) is 0 Å². The van der Waals surface area contributed by atoms with Crippen molar-refractivity contribution in [3.63, 3.8) is 0 Å². The molecular formula is C6H14N2. The van der Waals surface area contributed by atoms with Crippen LogP contribution >= 0.6 is 0 Å². The molecule has 0 aromatic carbocycles. The van der Waals surface area contributed by atoms with Gasteiger partial charge in [-0.25, -0.2) is 0 Å². The first-order valence-corrected chi connectivity index (χ1v) is 3.30. The first-order valence-electron chi connectivity index (χ1n) is 3.30. The average Bonchev–Trinajstić information content (AvgIpc) is 2.14. The minimum absolute atomic E-state index is 0.403. The van der Waals surface area contributed by atoms with Crippen LogP contribution in [0.4, 0.5) is 0 Å². The molecule has 0 spiro atoms. The van der Waals surface area contributed by atoms with Gasteiger partial charge in [0.25, 0.3) is 0 Å². The molecule has 0 aliphatic heterocycles. The van der Waals surface area contributed by atoms with Crippen LogP contribution < -0.4 is 11.5 Å². The number of rotatable bonds is 1. The van der Waals surface area contributed by atoms with Crippen molar-refractivity contribution in [2.45, 2.75) is 25.3 Å². The molecule has 2 nitrogen and oxygen atoms in total. The van der Waals surface area contributed by atoms with Crippen molar-refractivity contribution in [2.75, 3.05) is 6.54 Å². The zero-order valence-electron chi connectivity index (χ0n) is 5.14. The molecule has 0 saturated heterocycles. The van der Waals surface area contributed by atoms with E-state index in [0.717, 1.165) is 6.54 Å². The highest BCUT2D eigenvalue weighted by Crippen LogP contribution is 2.22. The first-order chi connectivity index (χ1) is 3.84. The fraction of sp³-hybridized carbons (Fsp3) is 1.00. The van der Waals surface area contributed by atoms with E-state index in [9.17, 15) is 0 Å². The molecule has 1 saturated carbocycles. The van der Waals surface area contributed by atoms with E-state index in [0.29, 0.717) is 12.0 Å². The molecule has 0 aromatic rings. The van der Waals surface area contributed by atoms with Crippen molar-refractivity contribution >= 4 is 0 Å². The molecule has 2 heteroatoms. The van der Waals surface area contributed by atoms with Crippen LogP contribution in [0.5, 0.6) is 0 Å². The molecule has 0 bridgehead atoms. The van der Waals surface area contributed by atoms with Gasteiger partial charge in [0.1, 0.15) is 0 Å². The maximum Gasteiger partial charge on any atom is 0.00792 e. The lowest BCUT2D eigenvalue weighted by atomic mass is 10.1. The largest absolute Gasteiger partial charge is 0.330 e. The third kappa shape index (κ3) is 1.01. The second-order valence-corrected chi connectivity index (χ2v) is 2.59. The summed E-state index contributed by atoms with van der Waals surface area (Å²) in [6.07, 6.45) is 3.71. The van der Waals surface area contributed by atoms with Gasteiger partial charge in [0, 0.05) is 6.04 Å². The smallest absolute Gasteiger partial charge is 0.00792 e. The van der Waals surface area contributed by atoms with Crippen molar-refractivity contribution in [1.29, 1.82) is 0 Å². The van der Waals surface area contributed by atoms with E-state index in [1.807, 2.05) is 0 Å². The molecule has 0 amide bonds. The molecular weight excluding hydrogens is 100 g/mol. The van der Waals surface area contributed by atoms with Gasteiger partial charge in [-0.15, -0.1) is 0 Å². The molecule has 48 valence electrons. The highest BCUT2D eigenvalue weighted by molar-refractivity contribution is 4.80. The van der Waals surface area contributed by atoms with Gasteiger partial charge in [-0.05, 0) is 25.3 Å². The topological polar surface area (TPSA) is 52.0 Å². The van der Waals surface area contributed by atoms with E-state index < -0.39 is 0 Å². The lowest BCUT2D eigenvalue weighted by Crippen LogP contribution is -2.29. The monoisotopic (exact) mass is 114 g/mol. The molecule has 1 aliphatic carbocycles. The standard InChI is InChI=1S/C6H14N2/c7-4-5-2-1-3-6(5)8/h5-6H,1-4,7-8H2. The van der Waals surface area contributed by atoms with Crippen LogP contribution in [0.15, 0.2) is 0 Å². The zero-order chi connectivity index (χ0) is 5.98. The highest BCUT2D eigenvalue weighted by atomic mass is 14.7. The van der Waals surface area contributed by atoms with Crippen LogP contribution in [-0.2, 0) is 0 Å². The van der Waals surface area contributed by atoms with E-state index >= 15 is 0 Å². The Morgan fingerprint density at radius 3 is 2.38 bits per heavy atom. The molecule has 2 atom stereocenters. The number of nitrogens with two attached hydrogens (primary N) is 2. The summed E-state index contributed by atoms with van der Waals surface area (Å²) in [5.41, 5.74) is 11.2. The predicted octanol–water partition coefficient (Wildman–Crippen LogP) is 0.0725. The van der Waals surface area contributed by atoms with Crippen molar-refractivity contribution in [2.24, 2.45) is 17.4 Å². The molecule has 0 heterocycles. The lowest BCUT2D eigenvalue weighted by molar-refractivity contribution is 0.492. The minimum Gasteiger partial charge on any atom is -0.330 e. The van der Waals surface area contributed by atoms with Gasteiger partial charge in [0.05, 0.1) is 0 Å². The second kappa shape index (κ2) is 2.46. The molecule has 2 unspecified atom stereocenters. The van der Waals surface area contributed by atoms with Crippen LogP contribution in [0, 0.1) is 5.92 Å². The van der Waals surface area contributed by atoms with Gasteiger partial charge in [-0.1, -0.05) is 6.42 Å². The molecule has 1 fully saturated rings. The van der Waals surface area contributed by atoms with Crippen molar-refractivity contribution < 1.29 is 0 Å². The normalized spacial score (nSPS) is 38.2. The molecule has 0 radical (unpaired) electrons. The quantitative estimate of drug-likeness (QED) is 0.507. The van der Waals surface area contributed by atoms with Crippen LogP contribution in [-0.4, -0.2) is 12.6 Å². The molecule has 8 heavy (non-hydrogen) atoms. The van der Waals surface area contributed by atoms with Crippen molar-refractivity contribution in [3.8, 4) is 0 Å². The summed E-state index contributed by atoms with van der Waals surface area (Å²) >= 11 is 0. The lowest BCUT2D eigenvalue weighted by Gasteiger charge is -2.10. The van der Waals surface area contributed by atoms with Gasteiger partial charge in [-0.2, -0.15) is 0 Å². The fourth-order valence-corrected chi connectivity index (χ4v) is 1.36. The Bertz CT molecular complexity index is 72.9. The summed E-state index contributed by atoms with van der Waals surface area (Å²) in [5, 5.41) is 0. The van der Waals surface area contributed by atoms with Crippen LogP contribution in [0.1, 0.15) is 19.3 Å². The van der Waals surface area contributed by atoms with Gasteiger partial charge >= 0.3 is 0 Å². The van der Waals surface area contributed by atoms with Gasteiger partial charge in [-0.3, -0.25) is 0 Å². The Morgan fingerprint density at radius 2 is 2.12 bits per heavy atom. The van der Waals surface area contributed by atoms with Crippen LogP contribution in [0.2, 0.25) is 0 Å². The molecule has 1 aliphatic rings. The summed E-state index contributed by atoms with van der Waals surface area (Å²) in [7, 11) is 0. The van der Waals surface area contributed by atoms with E-state index in [-0.39, 0.29) is 0 Å².